The molecule has 3 rings (SSSR count). The molecule has 0 amide bonds. The number of sulfone groups is 1. The number of nitrogens with two attached hydrogens (primary N) is 1. The van der Waals surface area contributed by atoms with Gasteiger partial charge in [0.2, 0.25) is 0 Å². The number of benzene rings is 2. The van der Waals surface area contributed by atoms with Gasteiger partial charge in [-0.25, -0.2) is 8.42 Å². The second-order valence-electron chi connectivity index (χ2n) is 5.72. The standard InChI is InChI=1S/C16H15BrClNO3S/c17-11-3-1-10(2-4-11)14-15(16(14,19)9-20)23(21,22)13-7-5-12(18)6-8-13/h1-8,14-15,20H,9,19H2/t14-,15-,16+/m0/s1. The summed E-state index contributed by atoms with van der Waals surface area (Å²) in [7, 11) is -3.67. The molecular formula is C16H15BrClNO3S. The van der Waals surface area contributed by atoms with Crippen molar-refractivity contribution in [2.45, 2.75) is 21.6 Å². The van der Waals surface area contributed by atoms with Crippen LogP contribution < -0.4 is 5.73 Å². The Kier molecular flexibility index (Phi) is 4.31. The SMILES string of the molecule is N[C@]1(CO)[C@@H](c2ccc(Br)cc2)[C@@H]1S(=O)(=O)c1ccc(Cl)cc1. The van der Waals surface area contributed by atoms with Gasteiger partial charge >= 0.3 is 0 Å². The minimum absolute atomic E-state index is 0.162. The summed E-state index contributed by atoms with van der Waals surface area (Å²) in [5.41, 5.74) is 5.81. The van der Waals surface area contributed by atoms with Crippen LogP contribution in [-0.2, 0) is 9.84 Å². The zero-order chi connectivity index (χ0) is 16.8. The normalized spacial score (nSPS) is 27.0. The maximum atomic E-state index is 12.9. The molecule has 0 radical (unpaired) electrons. The quantitative estimate of drug-likeness (QED) is 0.803. The molecule has 4 nitrogen and oxygen atoms in total. The minimum atomic E-state index is -3.67. The first kappa shape index (κ1) is 16.9. The molecule has 122 valence electrons. The van der Waals surface area contributed by atoms with Crippen molar-refractivity contribution in [3.05, 3.63) is 63.6 Å². The van der Waals surface area contributed by atoms with Crippen molar-refractivity contribution in [1.29, 1.82) is 0 Å². The third kappa shape index (κ3) is 2.83. The van der Waals surface area contributed by atoms with Crippen molar-refractivity contribution >= 4 is 37.4 Å². The molecule has 0 heterocycles. The van der Waals surface area contributed by atoms with Crippen molar-refractivity contribution < 1.29 is 13.5 Å². The largest absolute Gasteiger partial charge is 0.394 e. The molecule has 2 aromatic rings. The van der Waals surface area contributed by atoms with Gasteiger partial charge in [0, 0.05) is 15.4 Å². The van der Waals surface area contributed by atoms with Crippen LogP contribution in [0.4, 0.5) is 0 Å². The van der Waals surface area contributed by atoms with Gasteiger partial charge in [-0.3, -0.25) is 0 Å². The second kappa shape index (κ2) is 5.86. The van der Waals surface area contributed by atoms with E-state index in [9.17, 15) is 13.5 Å². The molecule has 0 unspecified atom stereocenters. The molecule has 1 aliphatic rings. The van der Waals surface area contributed by atoms with E-state index in [1.54, 1.807) is 0 Å². The van der Waals surface area contributed by atoms with E-state index in [2.05, 4.69) is 15.9 Å². The minimum Gasteiger partial charge on any atom is -0.394 e. The third-order valence-corrected chi connectivity index (χ3v) is 7.37. The highest BCUT2D eigenvalue weighted by Crippen LogP contribution is 2.55. The molecule has 3 N–H and O–H groups in total. The molecule has 3 atom stereocenters. The van der Waals surface area contributed by atoms with Crippen molar-refractivity contribution in [2.24, 2.45) is 5.73 Å². The Labute approximate surface area is 148 Å². The van der Waals surface area contributed by atoms with E-state index in [1.165, 1.54) is 24.3 Å². The summed E-state index contributed by atoms with van der Waals surface area (Å²) in [6.07, 6.45) is 0. The maximum absolute atomic E-state index is 12.9. The second-order valence-corrected chi connectivity index (χ2v) is 9.14. The number of hydrogen-bond acceptors (Lipinski definition) is 4. The van der Waals surface area contributed by atoms with E-state index >= 15 is 0 Å². The van der Waals surface area contributed by atoms with E-state index in [4.69, 9.17) is 17.3 Å². The van der Waals surface area contributed by atoms with Gasteiger partial charge in [-0.15, -0.1) is 0 Å². The van der Waals surface area contributed by atoms with Crippen LogP contribution in [0.2, 0.25) is 5.02 Å². The van der Waals surface area contributed by atoms with Gasteiger partial charge in [0.15, 0.2) is 9.84 Å². The summed E-state index contributed by atoms with van der Waals surface area (Å²) in [5, 5.41) is 9.26. The van der Waals surface area contributed by atoms with Crippen LogP contribution in [0.1, 0.15) is 11.5 Å². The summed E-state index contributed by atoms with van der Waals surface area (Å²) in [4.78, 5) is 0.162. The lowest BCUT2D eigenvalue weighted by molar-refractivity contribution is 0.253. The molecule has 7 heteroatoms. The van der Waals surface area contributed by atoms with Crippen LogP contribution in [0.15, 0.2) is 57.9 Å². The predicted molar refractivity (Wildman–Crippen MR) is 93.3 cm³/mol. The molecule has 2 aromatic carbocycles. The van der Waals surface area contributed by atoms with Gasteiger partial charge in [0.1, 0.15) is 0 Å². The summed E-state index contributed by atoms with van der Waals surface area (Å²) >= 11 is 9.16. The van der Waals surface area contributed by atoms with Gasteiger partial charge in [-0.05, 0) is 42.0 Å². The first-order valence-electron chi connectivity index (χ1n) is 6.95. The van der Waals surface area contributed by atoms with Crippen LogP contribution in [0.5, 0.6) is 0 Å². The van der Waals surface area contributed by atoms with Crippen molar-refractivity contribution in [3.63, 3.8) is 0 Å². The van der Waals surface area contributed by atoms with E-state index in [-0.39, 0.29) is 4.90 Å². The van der Waals surface area contributed by atoms with Crippen LogP contribution in [0, 0.1) is 0 Å². The number of halogens is 2. The smallest absolute Gasteiger partial charge is 0.183 e. The molecule has 1 aliphatic carbocycles. The maximum Gasteiger partial charge on any atom is 0.183 e. The number of hydrogen-bond donors (Lipinski definition) is 2. The Bertz CT molecular complexity index is 823. The predicted octanol–water partition coefficient (Wildman–Crippen LogP) is 2.73. The van der Waals surface area contributed by atoms with Crippen molar-refractivity contribution in [3.8, 4) is 0 Å². The van der Waals surface area contributed by atoms with Gasteiger partial charge in [-0.2, -0.15) is 0 Å². The van der Waals surface area contributed by atoms with Crippen LogP contribution in [-0.4, -0.2) is 30.9 Å². The van der Waals surface area contributed by atoms with E-state index in [0.29, 0.717) is 5.02 Å². The fraction of sp³-hybridized carbons (Fsp3) is 0.250. The average Bonchev–Trinajstić information content (AvgIpc) is 3.16. The summed E-state index contributed by atoms with van der Waals surface area (Å²) < 4.78 is 26.7. The summed E-state index contributed by atoms with van der Waals surface area (Å²) in [5.74, 6) is -0.443. The molecule has 0 aromatic heterocycles. The topological polar surface area (TPSA) is 80.4 Å². The molecule has 1 fully saturated rings. The van der Waals surface area contributed by atoms with Gasteiger partial charge in [0.05, 0.1) is 22.3 Å². The van der Waals surface area contributed by atoms with Crippen LogP contribution in [0.25, 0.3) is 0 Å². The lowest BCUT2D eigenvalue weighted by Crippen LogP contribution is -2.35. The fourth-order valence-corrected chi connectivity index (χ4v) is 5.69. The number of aliphatic hydroxyl groups is 1. The summed E-state index contributed by atoms with van der Waals surface area (Å²) in [6.45, 7) is -0.398. The van der Waals surface area contributed by atoms with Crippen molar-refractivity contribution in [2.75, 3.05) is 6.61 Å². The molecule has 0 aliphatic heterocycles. The van der Waals surface area contributed by atoms with E-state index in [0.717, 1.165) is 10.0 Å². The Balaban J connectivity index is 2.01. The van der Waals surface area contributed by atoms with E-state index in [1.807, 2.05) is 24.3 Å². The van der Waals surface area contributed by atoms with Crippen LogP contribution >= 0.6 is 27.5 Å². The summed E-state index contributed by atoms with van der Waals surface area (Å²) in [6, 6.07) is 13.3. The Morgan fingerprint density at radius 3 is 2.22 bits per heavy atom. The zero-order valence-corrected chi connectivity index (χ0v) is 15.1. The van der Waals surface area contributed by atoms with Gasteiger partial charge in [0.25, 0.3) is 0 Å². The fourth-order valence-electron chi connectivity index (χ4n) is 3.01. The molecular weight excluding hydrogens is 402 g/mol. The number of aliphatic hydroxyl groups excluding tert-OH is 1. The lowest BCUT2D eigenvalue weighted by Gasteiger charge is -2.08. The molecule has 0 saturated heterocycles. The van der Waals surface area contributed by atoms with Crippen molar-refractivity contribution in [1.82, 2.24) is 0 Å². The Hall–Kier alpha value is -0.920. The molecule has 0 bridgehead atoms. The highest BCUT2D eigenvalue weighted by molar-refractivity contribution is 9.10. The first-order chi connectivity index (χ1) is 10.8. The third-order valence-electron chi connectivity index (χ3n) is 4.28. The number of rotatable bonds is 4. The molecule has 23 heavy (non-hydrogen) atoms. The van der Waals surface area contributed by atoms with E-state index < -0.39 is 33.2 Å². The van der Waals surface area contributed by atoms with Gasteiger partial charge < -0.3 is 10.8 Å². The highest BCUT2D eigenvalue weighted by Gasteiger charge is 2.69. The van der Waals surface area contributed by atoms with Crippen LogP contribution in [0.3, 0.4) is 0 Å². The lowest BCUT2D eigenvalue weighted by atomic mass is 10.1. The Morgan fingerprint density at radius 1 is 1.13 bits per heavy atom. The zero-order valence-electron chi connectivity index (χ0n) is 12.0. The average molecular weight is 417 g/mol. The van der Waals surface area contributed by atoms with Gasteiger partial charge in [-0.1, -0.05) is 39.7 Å². The molecule has 0 spiro atoms. The molecule has 1 saturated carbocycles. The Morgan fingerprint density at radius 2 is 1.70 bits per heavy atom. The first-order valence-corrected chi connectivity index (χ1v) is 9.67. The highest BCUT2D eigenvalue weighted by atomic mass is 79.9. The monoisotopic (exact) mass is 415 g/mol.